The lowest BCUT2D eigenvalue weighted by molar-refractivity contribution is -0.160. The van der Waals surface area contributed by atoms with Crippen LogP contribution in [-0.4, -0.2) is 35.9 Å². The summed E-state index contributed by atoms with van der Waals surface area (Å²) in [6.45, 7) is 12.2. The van der Waals surface area contributed by atoms with E-state index in [1.165, 1.54) is 14.0 Å². The molecule has 0 bridgehead atoms. The summed E-state index contributed by atoms with van der Waals surface area (Å²) >= 11 is 0. The predicted molar refractivity (Wildman–Crippen MR) is 68.8 cm³/mol. The molecule has 4 heteroatoms. The molecule has 4 nitrogen and oxygen atoms in total. The fourth-order valence-electron chi connectivity index (χ4n) is 2.09. The van der Waals surface area contributed by atoms with Crippen LogP contribution in [0.1, 0.15) is 48.0 Å². The Hall–Kier alpha value is -0.610. The van der Waals surface area contributed by atoms with Gasteiger partial charge in [0, 0.05) is 12.1 Å². The Kier molecular flexibility index (Phi) is 5.16. The molecule has 2 N–H and O–H groups in total. The SMILES string of the molecule is COC(=O)C(C)(O)CNC(C)(C)CC(C)(C)C. The number of β-amino-alcohol motifs (C(OH)–C–C–N with tert-alkyl or cyclic N) is 1. The molecule has 0 aromatic heterocycles. The molecule has 0 amide bonds. The number of esters is 1. The van der Waals surface area contributed by atoms with Crippen LogP contribution < -0.4 is 5.32 Å². The van der Waals surface area contributed by atoms with Crippen LogP contribution in [0.5, 0.6) is 0 Å². The van der Waals surface area contributed by atoms with Gasteiger partial charge in [0.15, 0.2) is 5.60 Å². The van der Waals surface area contributed by atoms with Crippen molar-refractivity contribution in [3.05, 3.63) is 0 Å². The van der Waals surface area contributed by atoms with Gasteiger partial charge in [0.05, 0.1) is 7.11 Å². The highest BCUT2D eigenvalue weighted by molar-refractivity contribution is 5.78. The van der Waals surface area contributed by atoms with Crippen LogP contribution >= 0.6 is 0 Å². The van der Waals surface area contributed by atoms with Crippen LogP contribution in [0.25, 0.3) is 0 Å². The van der Waals surface area contributed by atoms with Crippen molar-refractivity contribution in [2.45, 2.75) is 59.1 Å². The van der Waals surface area contributed by atoms with Gasteiger partial charge in [-0.1, -0.05) is 20.8 Å². The maximum atomic E-state index is 11.3. The Bertz CT molecular complexity index is 264. The van der Waals surface area contributed by atoms with E-state index in [1.54, 1.807) is 0 Å². The van der Waals surface area contributed by atoms with E-state index in [2.05, 4.69) is 44.7 Å². The molecule has 1 atom stereocenters. The zero-order valence-corrected chi connectivity index (χ0v) is 12.2. The molecular weight excluding hydrogens is 218 g/mol. The summed E-state index contributed by atoms with van der Waals surface area (Å²) in [5, 5.41) is 13.1. The van der Waals surface area contributed by atoms with Crippen LogP contribution in [-0.2, 0) is 9.53 Å². The summed E-state index contributed by atoms with van der Waals surface area (Å²) < 4.78 is 4.55. The summed E-state index contributed by atoms with van der Waals surface area (Å²) in [5.74, 6) is -0.614. The predicted octanol–water partition coefficient (Wildman–Crippen LogP) is 1.71. The second kappa shape index (κ2) is 5.36. The molecule has 0 aromatic carbocycles. The summed E-state index contributed by atoms with van der Waals surface area (Å²) in [4.78, 5) is 11.3. The third kappa shape index (κ3) is 6.64. The van der Waals surface area contributed by atoms with Gasteiger partial charge in [-0.3, -0.25) is 0 Å². The molecule has 1 unspecified atom stereocenters. The van der Waals surface area contributed by atoms with Crippen LogP contribution in [0.3, 0.4) is 0 Å². The lowest BCUT2D eigenvalue weighted by Crippen LogP contribution is -2.52. The summed E-state index contributed by atoms with van der Waals surface area (Å²) in [6.07, 6.45) is 0.942. The molecule has 0 saturated carbocycles. The average molecular weight is 245 g/mol. The van der Waals surface area contributed by atoms with Gasteiger partial charge in [-0.2, -0.15) is 0 Å². The standard InChI is InChI=1S/C13H27NO3/c1-11(2,3)8-12(4,5)14-9-13(6,16)10(15)17-7/h14,16H,8-9H2,1-7H3. The summed E-state index contributed by atoms with van der Waals surface area (Å²) in [7, 11) is 1.27. The van der Waals surface area contributed by atoms with E-state index in [1.807, 2.05) is 0 Å². The average Bonchev–Trinajstić information content (AvgIpc) is 2.10. The minimum absolute atomic E-state index is 0.143. The molecule has 17 heavy (non-hydrogen) atoms. The minimum Gasteiger partial charge on any atom is -0.467 e. The second-order valence-corrected chi connectivity index (χ2v) is 6.74. The van der Waals surface area contributed by atoms with Crippen molar-refractivity contribution in [2.24, 2.45) is 5.41 Å². The zero-order chi connectivity index (χ0) is 13.9. The van der Waals surface area contributed by atoms with Crippen molar-refractivity contribution in [1.29, 1.82) is 0 Å². The van der Waals surface area contributed by atoms with E-state index in [-0.39, 0.29) is 17.5 Å². The normalized spacial score (nSPS) is 16.5. The van der Waals surface area contributed by atoms with E-state index in [9.17, 15) is 9.90 Å². The first-order valence-electron chi connectivity index (χ1n) is 5.95. The Morgan fingerprint density at radius 1 is 1.18 bits per heavy atom. The van der Waals surface area contributed by atoms with Gasteiger partial charge in [-0.05, 0) is 32.6 Å². The second-order valence-electron chi connectivity index (χ2n) is 6.74. The highest BCUT2D eigenvalue weighted by Crippen LogP contribution is 2.27. The van der Waals surface area contributed by atoms with Crippen molar-refractivity contribution in [3.8, 4) is 0 Å². The van der Waals surface area contributed by atoms with E-state index >= 15 is 0 Å². The van der Waals surface area contributed by atoms with Crippen molar-refractivity contribution >= 4 is 5.97 Å². The number of aliphatic hydroxyl groups is 1. The van der Waals surface area contributed by atoms with Gasteiger partial charge in [-0.25, -0.2) is 4.79 Å². The van der Waals surface area contributed by atoms with E-state index in [0.717, 1.165) is 6.42 Å². The van der Waals surface area contributed by atoms with Gasteiger partial charge in [0.2, 0.25) is 0 Å². The molecule has 0 aliphatic heterocycles. The fourth-order valence-corrected chi connectivity index (χ4v) is 2.09. The number of hydrogen-bond acceptors (Lipinski definition) is 4. The van der Waals surface area contributed by atoms with Crippen LogP contribution in [0.4, 0.5) is 0 Å². The Morgan fingerprint density at radius 3 is 2.00 bits per heavy atom. The van der Waals surface area contributed by atoms with Crippen molar-refractivity contribution < 1.29 is 14.6 Å². The molecule has 0 aliphatic carbocycles. The molecule has 0 heterocycles. The minimum atomic E-state index is -1.48. The quantitative estimate of drug-likeness (QED) is 0.724. The topological polar surface area (TPSA) is 58.6 Å². The van der Waals surface area contributed by atoms with Crippen LogP contribution in [0, 0.1) is 5.41 Å². The fraction of sp³-hybridized carbons (Fsp3) is 0.923. The van der Waals surface area contributed by atoms with Gasteiger partial charge >= 0.3 is 5.97 Å². The summed E-state index contributed by atoms with van der Waals surface area (Å²) in [6, 6.07) is 0. The number of carbonyl (C=O) groups is 1. The van der Waals surface area contributed by atoms with E-state index in [4.69, 9.17) is 0 Å². The Morgan fingerprint density at radius 2 is 1.65 bits per heavy atom. The van der Waals surface area contributed by atoms with E-state index < -0.39 is 11.6 Å². The molecule has 102 valence electrons. The third-order valence-corrected chi connectivity index (χ3v) is 2.51. The van der Waals surface area contributed by atoms with Crippen molar-refractivity contribution in [2.75, 3.05) is 13.7 Å². The number of carbonyl (C=O) groups excluding carboxylic acids is 1. The first-order valence-corrected chi connectivity index (χ1v) is 5.95. The zero-order valence-electron chi connectivity index (χ0n) is 12.2. The highest BCUT2D eigenvalue weighted by atomic mass is 16.5. The smallest absolute Gasteiger partial charge is 0.338 e. The van der Waals surface area contributed by atoms with Gasteiger partial charge in [0.25, 0.3) is 0 Å². The number of hydrogen-bond donors (Lipinski definition) is 2. The lowest BCUT2D eigenvalue weighted by atomic mass is 9.81. The van der Waals surface area contributed by atoms with Gasteiger partial charge in [0.1, 0.15) is 0 Å². The number of nitrogens with one attached hydrogen (secondary N) is 1. The molecule has 0 aliphatic rings. The van der Waals surface area contributed by atoms with Crippen LogP contribution in [0.2, 0.25) is 0 Å². The molecule has 0 rings (SSSR count). The van der Waals surface area contributed by atoms with Crippen molar-refractivity contribution in [3.63, 3.8) is 0 Å². The molecular formula is C13H27NO3. The monoisotopic (exact) mass is 245 g/mol. The lowest BCUT2D eigenvalue weighted by Gasteiger charge is -2.35. The Labute approximate surface area is 105 Å². The van der Waals surface area contributed by atoms with Crippen LogP contribution in [0.15, 0.2) is 0 Å². The first-order chi connectivity index (χ1) is 7.40. The highest BCUT2D eigenvalue weighted by Gasteiger charge is 2.34. The molecule has 0 aromatic rings. The third-order valence-electron chi connectivity index (χ3n) is 2.51. The number of methoxy groups -OCH3 is 1. The van der Waals surface area contributed by atoms with E-state index in [0.29, 0.717) is 0 Å². The van der Waals surface area contributed by atoms with Gasteiger partial charge in [-0.15, -0.1) is 0 Å². The number of rotatable bonds is 5. The van der Waals surface area contributed by atoms with Crippen molar-refractivity contribution in [1.82, 2.24) is 5.32 Å². The summed E-state index contributed by atoms with van der Waals surface area (Å²) in [5.41, 5.74) is -1.44. The first kappa shape index (κ1) is 16.4. The largest absolute Gasteiger partial charge is 0.467 e. The number of ether oxygens (including phenoxy) is 1. The molecule has 0 radical (unpaired) electrons. The maximum Gasteiger partial charge on any atom is 0.338 e. The molecule has 0 spiro atoms. The molecule has 0 saturated heterocycles. The Balaban J connectivity index is 4.41. The molecule has 0 fully saturated rings. The van der Waals surface area contributed by atoms with Gasteiger partial charge < -0.3 is 15.2 Å². The maximum absolute atomic E-state index is 11.3.